The van der Waals surface area contributed by atoms with Crippen LogP contribution in [0.1, 0.15) is 16.2 Å². The molecule has 0 aliphatic rings. The van der Waals surface area contributed by atoms with E-state index in [0.29, 0.717) is 5.56 Å². The van der Waals surface area contributed by atoms with Crippen LogP contribution in [0.4, 0.5) is 8.78 Å². The zero-order valence-corrected chi connectivity index (χ0v) is 15.0. The number of alkyl halides is 2. The Labute approximate surface area is 162 Å². The van der Waals surface area contributed by atoms with Crippen molar-refractivity contribution in [1.82, 2.24) is 15.1 Å². The van der Waals surface area contributed by atoms with Crippen LogP contribution in [0.3, 0.4) is 0 Å². The summed E-state index contributed by atoms with van der Waals surface area (Å²) in [5, 5.41) is 3.77. The fourth-order valence-corrected chi connectivity index (χ4v) is 2.37. The number of esters is 1. The largest absolute Gasteiger partial charge is 0.493 e. The number of methoxy groups -OCH3 is 1. The summed E-state index contributed by atoms with van der Waals surface area (Å²) in [5.74, 6) is -0.593. The summed E-state index contributed by atoms with van der Waals surface area (Å²) in [6.07, 6.45) is 1.44. The van der Waals surface area contributed by atoms with Gasteiger partial charge in [0.25, 0.3) is 5.89 Å². The Morgan fingerprint density at radius 2 is 2.11 bits per heavy atom. The van der Waals surface area contributed by atoms with Gasteiger partial charge in [-0.15, -0.1) is 0 Å². The van der Waals surface area contributed by atoms with E-state index in [0.717, 1.165) is 0 Å². The molecule has 0 aliphatic carbocycles. The number of benzene rings is 1. The second kappa shape index (κ2) is 8.61. The van der Waals surface area contributed by atoms with Crippen LogP contribution in [-0.2, 0) is 11.3 Å². The van der Waals surface area contributed by atoms with E-state index in [1.807, 2.05) is 0 Å². The fourth-order valence-electron chi connectivity index (χ4n) is 2.17. The van der Waals surface area contributed by atoms with Crippen molar-refractivity contribution in [1.29, 1.82) is 0 Å². The van der Waals surface area contributed by atoms with Gasteiger partial charge in [0.1, 0.15) is 5.15 Å². The molecule has 3 rings (SSSR count). The van der Waals surface area contributed by atoms with Crippen LogP contribution >= 0.6 is 11.6 Å². The normalized spacial score (nSPS) is 10.8. The van der Waals surface area contributed by atoms with Gasteiger partial charge < -0.3 is 18.7 Å². The second-order valence-electron chi connectivity index (χ2n) is 5.17. The van der Waals surface area contributed by atoms with Gasteiger partial charge in [0, 0.05) is 11.8 Å². The minimum atomic E-state index is -2.99. The molecule has 1 aromatic carbocycles. The van der Waals surface area contributed by atoms with Gasteiger partial charge in [-0.05, 0) is 30.3 Å². The maximum Gasteiger partial charge on any atom is 0.387 e. The molecule has 0 amide bonds. The van der Waals surface area contributed by atoms with E-state index in [2.05, 4.69) is 19.9 Å². The standard InChI is InChI=1S/C17H12ClF2N3O5/c1-25-12-7-9(4-5-11(12)27-17(19)20)15-22-13(28-23-15)8-26-16(24)10-3-2-6-21-14(10)18/h2-7,17H,8H2,1H3. The van der Waals surface area contributed by atoms with E-state index in [1.165, 1.54) is 37.6 Å². The lowest BCUT2D eigenvalue weighted by Gasteiger charge is -2.10. The zero-order valence-electron chi connectivity index (χ0n) is 14.3. The number of aromatic nitrogens is 3. The monoisotopic (exact) mass is 411 g/mol. The Bertz CT molecular complexity index is 983. The Hall–Kier alpha value is -3.27. The molecular weight excluding hydrogens is 400 g/mol. The molecule has 0 radical (unpaired) electrons. The summed E-state index contributed by atoms with van der Waals surface area (Å²) in [5.41, 5.74) is 0.526. The number of carbonyl (C=O) groups is 1. The van der Waals surface area contributed by atoms with Gasteiger partial charge in [0.2, 0.25) is 5.82 Å². The summed E-state index contributed by atoms with van der Waals surface area (Å²) < 4.78 is 44.2. The van der Waals surface area contributed by atoms with Gasteiger partial charge in [-0.3, -0.25) is 0 Å². The number of hydrogen-bond donors (Lipinski definition) is 0. The molecule has 8 nitrogen and oxygen atoms in total. The fraction of sp³-hybridized carbons (Fsp3) is 0.176. The number of carbonyl (C=O) groups excluding carboxylic acids is 1. The van der Waals surface area contributed by atoms with Gasteiger partial charge in [0.15, 0.2) is 18.1 Å². The first-order valence-corrected chi connectivity index (χ1v) is 8.09. The molecule has 0 spiro atoms. The van der Waals surface area contributed by atoms with Crippen molar-refractivity contribution in [2.24, 2.45) is 0 Å². The first-order valence-electron chi connectivity index (χ1n) is 7.71. The summed E-state index contributed by atoms with van der Waals surface area (Å²) in [7, 11) is 1.31. The molecule has 0 fully saturated rings. The van der Waals surface area contributed by atoms with E-state index in [4.69, 9.17) is 25.6 Å². The first kappa shape index (κ1) is 19.5. The lowest BCUT2D eigenvalue weighted by atomic mass is 10.2. The average molecular weight is 412 g/mol. The lowest BCUT2D eigenvalue weighted by molar-refractivity contribution is -0.0512. The zero-order chi connectivity index (χ0) is 20.1. The minimum absolute atomic E-state index is 0.0110. The van der Waals surface area contributed by atoms with E-state index >= 15 is 0 Å². The molecule has 0 atom stereocenters. The molecule has 2 heterocycles. The summed E-state index contributed by atoms with van der Waals surface area (Å²) in [4.78, 5) is 19.9. The first-order chi connectivity index (χ1) is 13.5. The third kappa shape index (κ3) is 4.52. The van der Waals surface area contributed by atoms with Crippen LogP contribution in [0, 0.1) is 0 Å². The molecule has 146 valence electrons. The third-order valence-corrected chi connectivity index (χ3v) is 3.71. The maximum atomic E-state index is 12.4. The number of halogens is 3. The highest BCUT2D eigenvalue weighted by atomic mass is 35.5. The number of hydrogen-bond acceptors (Lipinski definition) is 8. The van der Waals surface area contributed by atoms with Crippen molar-refractivity contribution < 1.29 is 32.3 Å². The van der Waals surface area contributed by atoms with Crippen LogP contribution in [0.5, 0.6) is 11.5 Å². The molecule has 3 aromatic rings. The third-order valence-electron chi connectivity index (χ3n) is 3.41. The molecule has 0 aliphatic heterocycles. The van der Waals surface area contributed by atoms with Crippen molar-refractivity contribution in [3.8, 4) is 22.9 Å². The highest BCUT2D eigenvalue weighted by molar-refractivity contribution is 6.32. The van der Waals surface area contributed by atoms with Crippen LogP contribution in [0.15, 0.2) is 41.1 Å². The number of ether oxygens (including phenoxy) is 3. The van der Waals surface area contributed by atoms with Gasteiger partial charge >= 0.3 is 12.6 Å². The van der Waals surface area contributed by atoms with E-state index in [1.54, 1.807) is 6.07 Å². The van der Waals surface area contributed by atoms with Crippen LogP contribution < -0.4 is 9.47 Å². The van der Waals surface area contributed by atoms with Crippen molar-refractivity contribution in [2.75, 3.05) is 7.11 Å². The van der Waals surface area contributed by atoms with Crippen LogP contribution in [0.25, 0.3) is 11.4 Å². The summed E-state index contributed by atoms with van der Waals surface area (Å²) >= 11 is 5.83. The highest BCUT2D eigenvalue weighted by Crippen LogP contribution is 2.32. The Morgan fingerprint density at radius 3 is 2.82 bits per heavy atom. The molecule has 2 aromatic heterocycles. The van der Waals surface area contributed by atoms with Crippen molar-refractivity contribution in [3.05, 3.63) is 53.1 Å². The Morgan fingerprint density at radius 1 is 1.29 bits per heavy atom. The van der Waals surface area contributed by atoms with Gasteiger partial charge in [-0.2, -0.15) is 13.8 Å². The van der Waals surface area contributed by atoms with Crippen molar-refractivity contribution in [3.63, 3.8) is 0 Å². The van der Waals surface area contributed by atoms with Gasteiger partial charge in [0.05, 0.1) is 12.7 Å². The van der Waals surface area contributed by atoms with Crippen molar-refractivity contribution in [2.45, 2.75) is 13.2 Å². The quantitative estimate of drug-likeness (QED) is 0.428. The summed E-state index contributed by atoms with van der Waals surface area (Å²) in [6, 6.07) is 7.17. The highest BCUT2D eigenvalue weighted by Gasteiger charge is 2.17. The Balaban J connectivity index is 1.70. The predicted molar refractivity (Wildman–Crippen MR) is 91.3 cm³/mol. The predicted octanol–water partition coefficient (Wildman–Crippen LogP) is 3.75. The van der Waals surface area contributed by atoms with Crippen molar-refractivity contribution >= 4 is 17.6 Å². The molecule has 0 N–H and O–H groups in total. The molecule has 28 heavy (non-hydrogen) atoms. The van der Waals surface area contributed by atoms with Gasteiger partial charge in [-0.25, -0.2) is 9.78 Å². The maximum absolute atomic E-state index is 12.4. The Kier molecular flexibility index (Phi) is 5.99. The molecule has 0 bridgehead atoms. The molecule has 11 heteroatoms. The average Bonchev–Trinajstić information content (AvgIpc) is 3.15. The van der Waals surface area contributed by atoms with E-state index < -0.39 is 12.6 Å². The molecule has 0 unspecified atom stereocenters. The minimum Gasteiger partial charge on any atom is -0.493 e. The van der Waals surface area contributed by atoms with E-state index in [-0.39, 0.29) is 40.5 Å². The molecule has 0 saturated heterocycles. The number of nitrogens with zero attached hydrogens (tertiary/aromatic N) is 3. The van der Waals surface area contributed by atoms with E-state index in [9.17, 15) is 13.6 Å². The molecule has 0 saturated carbocycles. The topological polar surface area (TPSA) is 96.6 Å². The lowest BCUT2D eigenvalue weighted by Crippen LogP contribution is -2.06. The SMILES string of the molecule is COc1cc(-c2noc(COC(=O)c3cccnc3Cl)n2)ccc1OC(F)F. The van der Waals surface area contributed by atoms with Gasteiger partial charge in [-0.1, -0.05) is 16.8 Å². The second-order valence-corrected chi connectivity index (χ2v) is 5.53. The smallest absolute Gasteiger partial charge is 0.387 e. The van der Waals surface area contributed by atoms with Crippen LogP contribution in [-0.4, -0.2) is 34.8 Å². The molecular formula is C17H12ClF2N3O5. The number of pyridine rings is 1. The number of rotatable bonds is 7. The summed E-state index contributed by atoms with van der Waals surface area (Å²) in [6.45, 7) is -3.28. The van der Waals surface area contributed by atoms with Crippen LogP contribution in [0.2, 0.25) is 5.15 Å².